The Bertz CT molecular complexity index is 480. The molecule has 1 unspecified atom stereocenters. The van der Waals surface area contributed by atoms with Gasteiger partial charge in [0.25, 0.3) is 0 Å². The number of hydrogen-bond acceptors (Lipinski definition) is 3. The second-order valence-corrected chi connectivity index (χ2v) is 4.42. The van der Waals surface area contributed by atoms with Crippen molar-refractivity contribution in [2.75, 3.05) is 11.4 Å². The summed E-state index contributed by atoms with van der Waals surface area (Å²) in [6.07, 6.45) is 0.801. The average molecular weight is 232 g/mol. The Balaban J connectivity index is 2.35. The van der Waals surface area contributed by atoms with E-state index in [1.165, 1.54) is 0 Å². The van der Waals surface area contributed by atoms with Crippen molar-refractivity contribution in [2.24, 2.45) is 5.73 Å². The van der Waals surface area contributed by atoms with Crippen LogP contribution >= 0.6 is 0 Å². The molecule has 2 N–H and O–H groups in total. The molecule has 1 heterocycles. The van der Waals surface area contributed by atoms with E-state index in [9.17, 15) is 9.59 Å². The van der Waals surface area contributed by atoms with E-state index in [0.717, 1.165) is 17.7 Å². The molecule has 4 nitrogen and oxygen atoms in total. The Morgan fingerprint density at radius 2 is 2.12 bits per heavy atom. The van der Waals surface area contributed by atoms with Gasteiger partial charge in [-0.2, -0.15) is 0 Å². The van der Waals surface area contributed by atoms with Gasteiger partial charge in [0.2, 0.25) is 5.91 Å². The lowest BCUT2D eigenvalue weighted by atomic mass is 10.0. The summed E-state index contributed by atoms with van der Waals surface area (Å²) >= 11 is 0. The van der Waals surface area contributed by atoms with E-state index >= 15 is 0 Å². The molecule has 0 radical (unpaired) electrons. The quantitative estimate of drug-likeness (QED) is 0.777. The molecule has 1 aromatic carbocycles. The SMILES string of the molecule is CC(=O)N1CCc2cc(C(=O)C(C)N)ccc21. The second kappa shape index (κ2) is 4.30. The minimum Gasteiger partial charge on any atom is -0.321 e. The van der Waals surface area contributed by atoms with Crippen molar-refractivity contribution in [3.8, 4) is 0 Å². The van der Waals surface area contributed by atoms with Gasteiger partial charge in [0.15, 0.2) is 5.78 Å². The highest BCUT2D eigenvalue weighted by atomic mass is 16.2. The van der Waals surface area contributed by atoms with Crippen molar-refractivity contribution in [1.29, 1.82) is 0 Å². The summed E-state index contributed by atoms with van der Waals surface area (Å²) in [7, 11) is 0. The van der Waals surface area contributed by atoms with Crippen LogP contribution in [0.15, 0.2) is 18.2 Å². The van der Waals surface area contributed by atoms with E-state index in [1.54, 1.807) is 24.8 Å². The normalized spacial score (nSPS) is 15.6. The summed E-state index contributed by atoms with van der Waals surface area (Å²) in [6.45, 7) is 3.92. The maximum atomic E-state index is 11.8. The van der Waals surface area contributed by atoms with Gasteiger partial charge in [-0.1, -0.05) is 0 Å². The molecule has 0 bridgehead atoms. The molecule has 0 aliphatic carbocycles. The fraction of sp³-hybridized carbons (Fsp3) is 0.385. The molecule has 1 amide bonds. The van der Waals surface area contributed by atoms with Crippen LogP contribution in [0.4, 0.5) is 5.69 Å². The molecule has 1 aliphatic heterocycles. The molecule has 0 spiro atoms. The van der Waals surface area contributed by atoms with Crippen LogP contribution in [0, 0.1) is 0 Å². The van der Waals surface area contributed by atoms with Gasteiger partial charge in [0, 0.05) is 24.7 Å². The van der Waals surface area contributed by atoms with Crippen molar-refractivity contribution in [2.45, 2.75) is 26.3 Å². The van der Waals surface area contributed by atoms with Gasteiger partial charge in [0.1, 0.15) is 0 Å². The molecule has 1 aliphatic rings. The van der Waals surface area contributed by atoms with E-state index in [2.05, 4.69) is 0 Å². The van der Waals surface area contributed by atoms with E-state index in [4.69, 9.17) is 5.73 Å². The molecule has 2 rings (SSSR count). The Kier molecular flexibility index (Phi) is 2.98. The van der Waals surface area contributed by atoms with Crippen LogP contribution in [0.5, 0.6) is 0 Å². The van der Waals surface area contributed by atoms with E-state index in [1.807, 2.05) is 12.1 Å². The molecule has 17 heavy (non-hydrogen) atoms. The van der Waals surface area contributed by atoms with Gasteiger partial charge >= 0.3 is 0 Å². The molecule has 90 valence electrons. The maximum Gasteiger partial charge on any atom is 0.223 e. The number of amides is 1. The van der Waals surface area contributed by atoms with Gasteiger partial charge < -0.3 is 10.6 Å². The number of carbonyl (C=O) groups is 2. The molecule has 4 heteroatoms. The first-order valence-electron chi connectivity index (χ1n) is 5.71. The number of rotatable bonds is 2. The van der Waals surface area contributed by atoms with Crippen LogP contribution < -0.4 is 10.6 Å². The van der Waals surface area contributed by atoms with Crippen LogP contribution in [0.25, 0.3) is 0 Å². The van der Waals surface area contributed by atoms with Gasteiger partial charge in [0.05, 0.1) is 6.04 Å². The first kappa shape index (κ1) is 11.8. The number of hydrogen-bond donors (Lipinski definition) is 1. The zero-order chi connectivity index (χ0) is 12.6. The monoisotopic (exact) mass is 232 g/mol. The fourth-order valence-electron chi connectivity index (χ4n) is 2.15. The predicted octanol–water partition coefficient (Wildman–Crippen LogP) is 1.13. The number of carbonyl (C=O) groups excluding carboxylic acids is 2. The zero-order valence-corrected chi connectivity index (χ0v) is 10.1. The highest BCUT2D eigenvalue weighted by Crippen LogP contribution is 2.29. The molecular weight excluding hydrogens is 216 g/mol. The van der Waals surface area contributed by atoms with Gasteiger partial charge in [-0.3, -0.25) is 9.59 Å². The third kappa shape index (κ3) is 2.08. The first-order valence-corrected chi connectivity index (χ1v) is 5.71. The largest absolute Gasteiger partial charge is 0.321 e. The number of nitrogens with two attached hydrogens (primary N) is 1. The number of Topliss-reactive ketones (excluding diaryl/α,β-unsaturated/α-hetero) is 1. The summed E-state index contributed by atoms with van der Waals surface area (Å²) < 4.78 is 0. The molecule has 1 atom stereocenters. The number of fused-ring (bicyclic) bond motifs is 1. The van der Waals surface area contributed by atoms with E-state index < -0.39 is 6.04 Å². The summed E-state index contributed by atoms with van der Waals surface area (Å²) in [6, 6.07) is 4.94. The third-order valence-corrected chi connectivity index (χ3v) is 3.05. The molecule has 0 aromatic heterocycles. The standard InChI is InChI=1S/C13H16N2O2/c1-8(14)13(17)11-3-4-12-10(7-11)5-6-15(12)9(2)16/h3-4,7-8H,5-6,14H2,1-2H3. The van der Waals surface area contributed by atoms with Crippen molar-refractivity contribution in [3.05, 3.63) is 29.3 Å². The molecular formula is C13H16N2O2. The van der Waals surface area contributed by atoms with Crippen molar-refractivity contribution < 1.29 is 9.59 Å². The minimum atomic E-state index is -0.488. The summed E-state index contributed by atoms with van der Waals surface area (Å²) in [4.78, 5) is 24.9. The smallest absolute Gasteiger partial charge is 0.223 e. The Morgan fingerprint density at radius 1 is 1.41 bits per heavy atom. The second-order valence-electron chi connectivity index (χ2n) is 4.42. The Labute approximate surface area is 100 Å². The van der Waals surface area contributed by atoms with Crippen LogP contribution in [-0.4, -0.2) is 24.3 Å². The van der Waals surface area contributed by atoms with Crippen LogP contribution in [0.3, 0.4) is 0 Å². The third-order valence-electron chi connectivity index (χ3n) is 3.05. The zero-order valence-electron chi connectivity index (χ0n) is 10.1. The van der Waals surface area contributed by atoms with Gasteiger partial charge in [-0.15, -0.1) is 0 Å². The summed E-state index contributed by atoms with van der Waals surface area (Å²) in [5, 5.41) is 0. The Morgan fingerprint density at radius 3 is 2.71 bits per heavy atom. The topological polar surface area (TPSA) is 63.4 Å². The lowest BCUT2D eigenvalue weighted by molar-refractivity contribution is -0.116. The lowest BCUT2D eigenvalue weighted by Crippen LogP contribution is -2.27. The number of nitrogens with zero attached hydrogens (tertiary/aromatic N) is 1. The average Bonchev–Trinajstić information content (AvgIpc) is 2.70. The predicted molar refractivity (Wildman–Crippen MR) is 66.2 cm³/mol. The number of anilines is 1. The molecule has 0 saturated carbocycles. The Hall–Kier alpha value is -1.68. The highest BCUT2D eigenvalue weighted by Gasteiger charge is 2.23. The van der Waals surface area contributed by atoms with Crippen molar-refractivity contribution >= 4 is 17.4 Å². The molecule has 1 aromatic rings. The van der Waals surface area contributed by atoms with E-state index in [-0.39, 0.29) is 11.7 Å². The highest BCUT2D eigenvalue weighted by molar-refractivity contribution is 6.01. The van der Waals surface area contributed by atoms with Crippen LogP contribution in [0.1, 0.15) is 29.8 Å². The van der Waals surface area contributed by atoms with Gasteiger partial charge in [-0.05, 0) is 37.1 Å². The van der Waals surface area contributed by atoms with Crippen molar-refractivity contribution in [3.63, 3.8) is 0 Å². The minimum absolute atomic E-state index is 0.0371. The van der Waals surface area contributed by atoms with Gasteiger partial charge in [-0.25, -0.2) is 0 Å². The summed E-state index contributed by atoms with van der Waals surface area (Å²) in [5.74, 6) is -0.0240. The maximum absolute atomic E-state index is 11.8. The molecule has 0 saturated heterocycles. The molecule has 0 fully saturated rings. The van der Waals surface area contributed by atoms with Crippen LogP contribution in [-0.2, 0) is 11.2 Å². The van der Waals surface area contributed by atoms with Crippen LogP contribution in [0.2, 0.25) is 0 Å². The summed E-state index contributed by atoms with van der Waals surface area (Å²) in [5.41, 5.74) is 8.17. The first-order chi connectivity index (χ1) is 8.00. The number of ketones is 1. The van der Waals surface area contributed by atoms with E-state index in [0.29, 0.717) is 12.1 Å². The van der Waals surface area contributed by atoms with Crippen molar-refractivity contribution in [1.82, 2.24) is 0 Å². The lowest BCUT2D eigenvalue weighted by Gasteiger charge is -2.15. The fourth-order valence-corrected chi connectivity index (χ4v) is 2.15. The number of benzene rings is 1.